The third kappa shape index (κ3) is 5.78. The Morgan fingerprint density at radius 1 is 0.667 bits per heavy atom. The molecule has 0 nitrogen and oxygen atoms in total. The molecule has 0 fully saturated rings. The van der Waals surface area contributed by atoms with Gasteiger partial charge in [-0.3, -0.25) is 0 Å². The molecule has 0 aliphatic carbocycles. The molecule has 0 radical (unpaired) electrons. The van der Waals surface area contributed by atoms with Crippen LogP contribution in [0.15, 0.2) is 42.5 Å². The zero-order valence-corrected chi connectivity index (χ0v) is 15.3. The van der Waals surface area contributed by atoms with Crippen LogP contribution in [0.3, 0.4) is 0 Å². The predicted molar refractivity (Wildman–Crippen MR) is 103 cm³/mol. The van der Waals surface area contributed by atoms with E-state index in [1.54, 1.807) is 6.07 Å². The van der Waals surface area contributed by atoms with Gasteiger partial charge >= 0.3 is 0 Å². The number of benzene rings is 2. The number of hydrogen-bond donors (Lipinski definition) is 0. The molecule has 24 heavy (non-hydrogen) atoms. The zero-order chi connectivity index (χ0) is 17.2. The molecular weight excluding hydrogens is 295 g/mol. The van der Waals surface area contributed by atoms with Crippen molar-refractivity contribution in [1.29, 1.82) is 0 Å². The van der Waals surface area contributed by atoms with Gasteiger partial charge in [-0.15, -0.1) is 0 Å². The van der Waals surface area contributed by atoms with Crippen molar-refractivity contribution < 1.29 is 4.39 Å². The summed E-state index contributed by atoms with van der Waals surface area (Å²) in [6.45, 7) is 4.41. The fraction of sp³-hybridized carbons (Fsp3) is 0.478. The van der Waals surface area contributed by atoms with Gasteiger partial charge in [-0.1, -0.05) is 82.3 Å². The third-order valence-corrected chi connectivity index (χ3v) is 4.69. The topological polar surface area (TPSA) is 0 Å². The van der Waals surface area contributed by atoms with Crippen LogP contribution in [-0.2, 0) is 12.8 Å². The maximum Gasteiger partial charge on any atom is 0.131 e. The minimum Gasteiger partial charge on any atom is -0.206 e. The van der Waals surface area contributed by atoms with E-state index < -0.39 is 0 Å². The van der Waals surface area contributed by atoms with Gasteiger partial charge < -0.3 is 0 Å². The molecule has 2 rings (SSSR count). The van der Waals surface area contributed by atoms with Crippen LogP contribution in [-0.4, -0.2) is 0 Å². The maximum atomic E-state index is 14.4. The number of rotatable bonds is 10. The highest BCUT2D eigenvalue weighted by atomic mass is 19.1. The van der Waals surface area contributed by atoms with Crippen LogP contribution in [0.2, 0.25) is 0 Å². The minimum atomic E-state index is -0.101. The van der Waals surface area contributed by atoms with Gasteiger partial charge in [-0.2, -0.15) is 0 Å². The Balaban J connectivity index is 1.95. The standard InChI is InChI=1S/C23H31F/c1-3-5-7-8-9-11-19-12-15-21(16-13-19)22-17-14-20(10-6-4-2)18-23(22)24/h12-18H,3-11H2,1-2H3. The molecule has 0 heterocycles. The fourth-order valence-corrected chi connectivity index (χ4v) is 3.11. The lowest BCUT2D eigenvalue weighted by Gasteiger charge is -2.08. The van der Waals surface area contributed by atoms with E-state index >= 15 is 0 Å². The van der Waals surface area contributed by atoms with E-state index in [2.05, 4.69) is 44.2 Å². The first kappa shape index (κ1) is 18.7. The van der Waals surface area contributed by atoms with Crippen molar-refractivity contribution in [1.82, 2.24) is 0 Å². The Hall–Kier alpha value is -1.63. The molecule has 0 atom stereocenters. The van der Waals surface area contributed by atoms with Gasteiger partial charge in [0, 0.05) is 5.56 Å². The Bertz CT molecular complexity index is 598. The Labute approximate surface area is 147 Å². The lowest BCUT2D eigenvalue weighted by molar-refractivity contribution is 0.627. The van der Waals surface area contributed by atoms with Gasteiger partial charge in [0.05, 0.1) is 0 Å². The third-order valence-electron chi connectivity index (χ3n) is 4.69. The highest BCUT2D eigenvalue weighted by Gasteiger charge is 2.06. The summed E-state index contributed by atoms with van der Waals surface area (Å²) >= 11 is 0. The SMILES string of the molecule is CCCCCCCc1ccc(-c2ccc(CCCC)cc2F)cc1. The van der Waals surface area contributed by atoms with Crippen LogP contribution in [0, 0.1) is 5.82 Å². The second kappa shape index (κ2) is 10.3. The second-order valence-corrected chi connectivity index (χ2v) is 6.78. The van der Waals surface area contributed by atoms with Gasteiger partial charge in [-0.25, -0.2) is 4.39 Å². The molecule has 0 amide bonds. The van der Waals surface area contributed by atoms with E-state index in [-0.39, 0.29) is 5.82 Å². The molecule has 0 saturated carbocycles. The van der Waals surface area contributed by atoms with E-state index in [0.717, 1.165) is 36.8 Å². The number of aryl methyl sites for hydroxylation is 2. The van der Waals surface area contributed by atoms with Crippen LogP contribution < -0.4 is 0 Å². The molecule has 2 aromatic rings. The molecular formula is C23H31F. The normalized spacial score (nSPS) is 11.0. The first-order valence-corrected chi connectivity index (χ1v) is 9.62. The van der Waals surface area contributed by atoms with E-state index in [4.69, 9.17) is 0 Å². The van der Waals surface area contributed by atoms with Crippen molar-refractivity contribution in [2.75, 3.05) is 0 Å². The van der Waals surface area contributed by atoms with E-state index in [1.807, 2.05) is 6.07 Å². The fourth-order valence-electron chi connectivity index (χ4n) is 3.11. The molecule has 130 valence electrons. The molecule has 0 N–H and O–H groups in total. The largest absolute Gasteiger partial charge is 0.206 e. The average Bonchev–Trinajstić information content (AvgIpc) is 2.60. The minimum absolute atomic E-state index is 0.101. The molecule has 0 saturated heterocycles. The summed E-state index contributed by atoms with van der Waals surface area (Å²) in [5, 5.41) is 0. The number of hydrogen-bond acceptors (Lipinski definition) is 0. The lowest BCUT2D eigenvalue weighted by atomic mass is 9.98. The predicted octanol–water partition coefficient (Wildman–Crippen LogP) is 7.35. The molecule has 0 aliphatic rings. The maximum absolute atomic E-state index is 14.4. The van der Waals surface area contributed by atoms with Crippen LogP contribution in [0.1, 0.15) is 69.9 Å². The van der Waals surface area contributed by atoms with E-state index in [1.165, 1.54) is 37.7 Å². The monoisotopic (exact) mass is 326 g/mol. The molecule has 0 spiro atoms. The van der Waals surface area contributed by atoms with Crippen molar-refractivity contribution in [3.05, 3.63) is 59.4 Å². The summed E-state index contributed by atoms with van der Waals surface area (Å²) in [5.41, 5.74) is 4.14. The van der Waals surface area contributed by atoms with E-state index in [0.29, 0.717) is 5.56 Å². The molecule has 0 bridgehead atoms. The zero-order valence-electron chi connectivity index (χ0n) is 15.3. The quantitative estimate of drug-likeness (QED) is 0.400. The Morgan fingerprint density at radius 2 is 1.29 bits per heavy atom. The smallest absolute Gasteiger partial charge is 0.131 e. The van der Waals surface area contributed by atoms with Gasteiger partial charge in [0.2, 0.25) is 0 Å². The molecule has 0 aromatic heterocycles. The van der Waals surface area contributed by atoms with Crippen LogP contribution >= 0.6 is 0 Å². The first-order valence-electron chi connectivity index (χ1n) is 9.62. The van der Waals surface area contributed by atoms with Crippen LogP contribution in [0.5, 0.6) is 0 Å². The summed E-state index contributed by atoms with van der Waals surface area (Å²) in [4.78, 5) is 0. The van der Waals surface area contributed by atoms with Crippen LogP contribution in [0.25, 0.3) is 11.1 Å². The van der Waals surface area contributed by atoms with Crippen molar-refractivity contribution in [3.63, 3.8) is 0 Å². The van der Waals surface area contributed by atoms with Gasteiger partial charge in [0.25, 0.3) is 0 Å². The highest BCUT2D eigenvalue weighted by molar-refractivity contribution is 5.64. The second-order valence-electron chi connectivity index (χ2n) is 6.78. The van der Waals surface area contributed by atoms with Gasteiger partial charge in [0.15, 0.2) is 0 Å². The Morgan fingerprint density at radius 3 is 1.96 bits per heavy atom. The van der Waals surface area contributed by atoms with E-state index in [9.17, 15) is 4.39 Å². The van der Waals surface area contributed by atoms with Crippen molar-refractivity contribution in [2.45, 2.75) is 71.6 Å². The summed E-state index contributed by atoms with van der Waals surface area (Å²) in [7, 11) is 0. The number of halogens is 1. The molecule has 0 unspecified atom stereocenters. The number of unbranched alkanes of at least 4 members (excludes halogenated alkanes) is 5. The molecule has 2 aromatic carbocycles. The van der Waals surface area contributed by atoms with Crippen molar-refractivity contribution >= 4 is 0 Å². The highest BCUT2D eigenvalue weighted by Crippen LogP contribution is 2.25. The van der Waals surface area contributed by atoms with Gasteiger partial charge in [-0.05, 0) is 48.4 Å². The summed E-state index contributed by atoms with van der Waals surface area (Å²) < 4.78 is 14.4. The molecule has 0 aliphatic heterocycles. The van der Waals surface area contributed by atoms with Crippen molar-refractivity contribution in [2.24, 2.45) is 0 Å². The van der Waals surface area contributed by atoms with Crippen molar-refractivity contribution in [3.8, 4) is 11.1 Å². The van der Waals surface area contributed by atoms with Crippen LogP contribution in [0.4, 0.5) is 4.39 Å². The summed E-state index contributed by atoms with van der Waals surface area (Å²) in [5.74, 6) is -0.101. The lowest BCUT2D eigenvalue weighted by Crippen LogP contribution is -1.91. The first-order chi connectivity index (χ1) is 11.7. The summed E-state index contributed by atoms with van der Waals surface area (Å²) in [6, 6.07) is 14.1. The average molecular weight is 326 g/mol. The Kier molecular flexibility index (Phi) is 8.01. The van der Waals surface area contributed by atoms with Gasteiger partial charge in [0.1, 0.15) is 5.82 Å². The molecule has 1 heteroatoms. The summed E-state index contributed by atoms with van der Waals surface area (Å²) in [6.07, 6.45) is 10.9.